The van der Waals surface area contributed by atoms with Gasteiger partial charge in [-0.3, -0.25) is 4.79 Å². The van der Waals surface area contributed by atoms with Gasteiger partial charge in [0.05, 0.1) is 0 Å². The molecule has 18 heavy (non-hydrogen) atoms. The lowest BCUT2D eigenvalue weighted by molar-refractivity contribution is -0.124. The van der Waals surface area contributed by atoms with Gasteiger partial charge < -0.3 is 15.0 Å². The fraction of sp³-hybridized carbons (Fsp3) is 0.692. The lowest BCUT2D eigenvalue weighted by Gasteiger charge is -2.22. The van der Waals surface area contributed by atoms with E-state index in [1.54, 1.807) is 11.1 Å². The van der Waals surface area contributed by atoms with Crippen LogP contribution in [0, 0.1) is 0 Å². The molecule has 0 atom stereocenters. The Bertz CT molecular complexity index is 363. The Morgan fingerprint density at radius 1 is 1.28 bits per heavy atom. The van der Waals surface area contributed by atoms with Crippen LogP contribution in [0.25, 0.3) is 0 Å². The average molecular weight is 254 g/mol. The smallest absolute Gasteiger partial charge is 0.408 e. The van der Waals surface area contributed by atoms with Crippen LogP contribution in [-0.4, -0.2) is 42.0 Å². The zero-order chi connectivity index (χ0) is 14.0. The Kier molecular flexibility index (Phi) is 4.04. The summed E-state index contributed by atoms with van der Waals surface area (Å²) in [5, 5.41) is 2.69. The third-order valence-electron chi connectivity index (χ3n) is 2.44. The second-order valence-electron chi connectivity index (χ2n) is 5.90. The zero-order valence-electron chi connectivity index (χ0n) is 11.7. The summed E-state index contributed by atoms with van der Waals surface area (Å²) >= 11 is 0. The number of alkyl carbamates (subject to hydrolysis) is 1. The van der Waals surface area contributed by atoms with Gasteiger partial charge in [-0.2, -0.15) is 0 Å². The van der Waals surface area contributed by atoms with E-state index in [0.29, 0.717) is 12.8 Å². The fourth-order valence-corrected chi connectivity index (χ4v) is 1.39. The Morgan fingerprint density at radius 3 is 2.22 bits per heavy atom. The Labute approximate surface area is 108 Å². The van der Waals surface area contributed by atoms with Gasteiger partial charge in [0.25, 0.3) is 0 Å². The number of ketones is 1. The number of amides is 1. The molecule has 102 valence electrons. The second kappa shape index (κ2) is 5.00. The van der Waals surface area contributed by atoms with Gasteiger partial charge in [-0.15, -0.1) is 0 Å². The van der Waals surface area contributed by atoms with Crippen molar-refractivity contribution in [2.45, 2.75) is 44.8 Å². The van der Waals surface area contributed by atoms with Crippen molar-refractivity contribution in [1.29, 1.82) is 0 Å². The molecule has 1 saturated carbocycles. The molecule has 0 aromatic heterocycles. The van der Waals surface area contributed by atoms with Gasteiger partial charge in [-0.25, -0.2) is 4.79 Å². The van der Waals surface area contributed by atoms with Crippen molar-refractivity contribution >= 4 is 11.9 Å². The normalized spacial score (nSPS) is 17.4. The molecule has 0 spiro atoms. The van der Waals surface area contributed by atoms with Crippen LogP contribution in [0.2, 0.25) is 0 Å². The van der Waals surface area contributed by atoms with E-state index in [1.165, 1.54) is 6.08 Å². The highest BCUT2D eigenvalue weighted by molar-refractivity contribution is 6.00. The van der Waals surface area contributed by atoms with Crippen LogP contribution in [0.5, 0.6) is 0 Å². The maximum absolute atomic E-state index is 11.9. The van der Waals surface area contributed by atoms with Gasteiger partial charge in [-0.1, -0.05) is 0 Å². The first-order valence-electron chi connectivity index (χ1n) is 6.05. The highest BCUT2D eigenvalue weighted by Gasteiger charge is 2.53. The van der Waals surface area contributed by atoms with Gasteiger partial charge in [0.1, 0.15) is 0 Å². The van der Waals surface area contributed by atoms with Crippen LogP contribution in [-0.2, 0) is 9.53 Å². The molecule has 5 heteroatoms. The van der Waals surface area contributed by atoms with Crippen LogP contribution >= 0.6 is 0 Å². The van der Waals surface area contributed by atoms with Crippen molar-refractivity contribution in [2.75, 3.05) is 14.1 Å². The number of hydrogen-bond acceptors (Lipinski definition) is 4. The third-order valence-corrected chi connectivity index (χ3v) is 2.44. The summed E-state index contributed by atoms with van der Waals surface area (Å²) in [6, 6.07) is 0. The number of ether oxygens (including phenoxy) is 1. The van der Waals surface area contributed by atoms with E-state index < -0.39 is 11.7 Å². The maximum Gasteiger partial charge on any atom is 0.408 e. The number of nitrogens with zero attached hydrogens (tertiary/aromatic N) is 1. The molecule has 1 N–H and O–H groups in total. The topological polar surface area (TPSA) is 58.6 Å². The summed E-state index contributed by atoms with van der Waals surface area (Å²) in [7, 11) is 3.66. The molecule has 5 nitrogen and oxygen atoms in total. The lowest BCUT2D eigenvalue weighted by Crippen LogP contribution is -2.44. The predicted octanol–water partition coefficient (Wildman–Crippen LogP) is 1.69. The summed E-state index contributed by atoms with van der Waals surface area (Å²) in [5.41, 5.74) is -1.29. The summed E-state index contributed by atoms with van der Waals surface area (Å²) in [5.74, 6) is -0.153. The van der Waals surface area contributed by atoms with Crippen LogP contribution in [0.4, 0.5) is 4.79 Å². The predicted molar refractivity (Wildman–Crippen MR) is 69.2 cm³/mol. The molecule has 0 bridgehead atoms. The molecular weight excluding hydrogens is 232 g/mol. The SMILES string of the molecule is CN(C)C=CC(=O)C1(OC(=O)NC(C)(C)C)CC1. The van der Waals surface area contributed by atoms with Gasteiger partial charge >= 0.3 is 6.09 Å². The molecule has 0 aliphatic heterocycles. The number of rotatable bonds is 4. The van der Waals surface area contributed by atoms with E-state index in [9.17, 15) is 9.59 Å². The highest BCUT2D eigenvalue weighted by Crippen LogP contribution is 2.41. The first kappa shape index (κ1) is 14.5. The number of carbonyl (C=O) groups excluding carboxylic acids is 2. The highest BCUT2D eigenvalue weighted by atomic mass is 16.6. The quantitative estimate of drug-likeness (QED) is 0.776. The Balaban J connectivity index is 2.56. The molecule has 1 aliphatic carbocycles. The Morgan fingerprint density at radius 2 is 1.83 bits per heavy atom. The first-order valence-corrected chi connectivity index (χ1v) is 6.05. The minimum Gasteiger partial charge on any atom is -0.435 e. The number of nitrogens with one attached hydrogen (secondary N) is 1. The molecule has 0 aromatic carbocycles. The summed E-state index contributed by atoms with van der Waals surface area (Å²) in [6.45, 7) is 5.59. The lowest BCUT2D eigenvalue weighted by atomic mass is 10.1. The van der Waals surface area contributed by atoms with Crippen LogP contribution in [0.3, 0.4) is 0 Å². The molecular formula is C13H22N2O3. The first-order chi connectivity index (χ1) is 8.15. The minimum absolute atomic E-state index is 0.153. The van der Waals surface area contributed by atoms with Crippen molar-refractivity contribution < 1.29 is 14.3 Å². The fourth-order valence-electron chi connectivity index (χ4n) is 1.39. The summed E-state index contributed by atoms with van der Waals surface area (Å²) in [4.78, 5) is 25.3. The van der Waals surface area contributed by atoms with E-state index in [1.807, 2.05) is 34.9 Å². The van der Waals surface area contributed by atoms with Gasteiger partial charge in [0.2, 0.25) is 5.78 Å². The summed E-state index contributed by atoms with van der Waals surface area (Å²) < 4.78 is 5.25. The molecule has 1 fully saturated rings. The van der Waals surface area contributed by atoms with Crippen molar-refractivity contribution in [3.63, 3.8) is 0 Å². The largest absolute Gasteiger partial charge is 0.435 e. The van der Waals surface area contributed by atoms with Gasteiger partial charge in [0, 0.05) is 31.9 Å². The summed E-state index contributed by atoms with van der Waals surface area (Å²) in [6.07, 6.45) is 3.78. The standard InChI is InChI=1S/C13H22N2O3/c1-12(2,3)14-11(17)18-13(7-8-13)10(16)6-9-15(4)5/h6,9H,7-8H2,1-5H3,(H,14,17). The van der Waals surface area contributed by atoms with Crippen LogP contribution in [0.1, 0.15) is 33.6 Å². The molecule has 1 amide bonds. The van der Waals surface area contributed by atoms with Crippen molar-refractivity contribution in [3.05, 3.63) is 12.3 Å². The molecule has 0 unspecified atom stereocenters. The van der Waals surface area contributed by atoms with Gasteiger partial charge in [-0.05, 0) is 33.6 Å². The average Bonchev–Trinajstić information content (AvgIpc) is 2.91. The van der Waals surface area contributed by atoms with Crippen LogP contribution < -0.4 is 5.32 Å². The number of carbonyl (C=O) groups is 2. The van der Waals surface area contributed by atoms with Crippen molar-refractivity contribution in [2.24, 2.45) is 0 Å². The van der Waals surface area contributed by atoms with Gasteiger partial charge in [0.15, 0.2) is 5.60 Å². The third kappa shape index (κ3) is 4.39. The van der Waals surface area contributed by atoms with Crippen molar-refractivity contribution in [3.8, 4) is 0 Å². The van der Waals surface area contributed by atoms with E-state index in [4.69, 9.17) is 4.74 Å². The van der Waals surface area contributed by atoms with Crippen LogP contribution in [0.15, 0.2) is 12.3 Å². The molecule has 1 aliphatic rings. The monoisotopic (exact) mass is 254 g/mol. The molecule has 0 radical (unpaired) electrons. The Hall–Kier alpha value is -1.52. The van der Waals surface area contributed by atoms with E-state index >= 15 is 0 Å². The number of hydrogen-bond donors (Lipinski definition) is 1. The van der Waals surface area contributed by atoms with E-state index in [-0.39, 0.29) is 11.3 Å². The van der Waals surface area contributed by atoms with E-state index in [2.05, 4.69) is 5.32 Å². The minimum atomic E-state index is -0.929. The molecule has 0 saturated heterocycles. The second-order valence-corrected chi connectivity index (χ2v) is 5.90. The van der Waals surface area contributed by atoms with Crippen molar-refractivity contribution in [1.82, 2.24) is 10.2 Å². The van der Waals surface area contributed by atoms with E-state index in [0.717, 1.165) is 0 Å². The molecule has 0 heterocycles. The molecule has 1 rings (SSSR count). The molecule has 0 aromatic rings. The zero-order valence-corrected chi connectivity index (χ0v) is 11.7. The maximum atomic E-state index is 11.9.